The molecule has 0 fully saturated rings. The summed E-state index contributed by atoms with van der Waals surface area (Å²) in [4.78, 5) is 3.87. The van der Waals surface area contributed by atoms with Gasteiger partial charge in [-0.25, -0.2) is 4.39 Å². The van der Waals surface area contributed by atoms with Gasteiger partial charge in [0.15, 0.2) is 0 Å². The van der Waals surface area contributed by atoms with Gasteiger partial charge in [-0.15, -0.1) is 5.54 Å². The first-order valence-corrected chi connectivity index (χ1v) is 8.68. The van der Waals surface area contributed by atoms with Crippen LogP contribution in [0.2, 0.25) is 19.6 Å². The molecule has 1 unspecified atom stereocenters. The van der Waals surface area contributed by atoms with Crippen molar-refractivity contribution in [1.29, 1.82) is 0 Å². The molecule has 0 radical (unpaired) electrons. The van der Waals surface area contributed by atoms with E-state index < -0.39 is 14.2 Å². The van der Waals surface area contributed by atoms with Crippen molar-refractivity contribution in [3.8, 4) is 11.5 Å². The molecule has 1 atom stereocenters. The fourth-order valence-corrected chi connectivity index (χ4v) is 1.68. The van der Waals surface area contributed by atoms with Gasteiger partial charge in [0.05, 0.1) is 6.20 Å². The Morgan fingerprint density at radius 3 is 2.62 bits per heavy atom. The van der Waals surface area contributed by atoms with Crippen molar-refractivity contribution in [2.24, 2.45) is 0 Å². The number of aliphatic hydroxyl groups excluding tert-OH is 1. The fourth-order valence-electron chi connectivity index (χ4n) is 1.08. The van der Waals surface area contributed by atoms with E-state index in [0.29, 0.717) is 12.1 Å². The van der Waals surface area contributed by atoms with Gasteiger partial charge in [-0.3, -0.25) is 4.98 Å². The highest BCUT2D eigenvalue weighted by Crippen LogP contribution is 2.02. The van der Waals surface area contributed by atoms with Crippen LogP contribution >= 0.6 is 0 Å². The molecule has 0 saturated heterocycles. The number of aromatic nitrogens is 1. The third-order valence-electron chi connectivity index (χ3n) is 1.80. The van der Waals surface area contributed by atoms with Crippen molar-refractivity contribution in [3.05, 3.63) is 29.8 Å². The predicted octanol–water partition coefficient (Wildman–Crippen LogP) is 2.00. The Labute approximate surface area is 96.5 Å². The molecule has 0 aliphatic carbocycles. The van der Waals surface area contributed by atoms with Crippen molar-refractivity contribution in [2.75, 3.05) is 0 Å². The predicted molar refractivity (Wildman–Crippen MR) is 65.0 cm³/mol. The summed E-state index contributed by atoms with van der Waals surface area (Å²) in [6.07, 6.45) is 0.774. The number of nitrogens with zero attached hydrogens (tertiary/aromatic N) is 1. The molecular weight excluding hydrogens is 221 g/mol. The van der Waals surface area contributed by atoms with Crippen molar-refractivity contribution >= 4 is 8.07 Å². The Kier molecular flexibility index (Phi) is 4.22. The monoisotopic (exact) mass is 237 g/mol. The average molecular weight is 237 g/mol. The topological polar surface area (TPSA) is 33.1 Å². The van der Waals surface area contributed by atoms with E-state index in [-0.39, 0.29) is 5.82 Å². The second kappa shape index (κ2) is 5.24. The van der Waals surface area contributed by atoms with Crippen molar-refractivity contribution in [3.63, 3.8) is 0 Å². The molecule has 86 valence electrons. The SMILES string of the molecule is C[Si](C)(C)C#CC(O)Cc1ccc(F)cn1. The summed E-state index contributed by atoms with van der Waals surface area (Å²) in [5.41, 5.74) is 3.74. The van der Waals surface area contributed by atoms with Crippen molar-refractivity contribution in [1.82, 2.24) is 4.98 Å². The van der Waals surface area contributed by atoms with E-state index in [4.69, 9.17) is 0 Å². The van der Waals surface area contributed by atoms with E-state index in [2.05, 4.69) is 36.1 Å². The lowest BCUT2D eigenvalue weighted by molar-refractivity contribution is 0.232. The number of hydrogen-bond acceptors (Lipinski definition) is 2. The molecule has 16 heavy (non-hydrogen) atoms. The second-order valence-corrected chi connectivity index (χ2v) is 9.46. The number of hydrogen-bond donors (Lipinski definition) is 1. The third kappa shape index (κ3) is 5.05. The Bertz CT molecular complexity index is 400. The van der Waals surface area contributed by atoms with Crippen LogP contribution in [-0.2, 0) is 6.42 Å². The van der Waals surface area contributed by atoms with Gasteiger partial charge in [0, 0.05) is 12.1 Å². The molecule has 0 aliphatic heterocycles. The summed E-state index contributed by atoms with van der Waals surface area (Å²) in [5, 5.41) is 9.65. The molecular formula is C12H16FNOSi. The number of aliphatic hydroxyl groups is 1. The minimum Gasteiger partial charge on any atom is -0.380 e. The number of rotatable bonds is 2. The minimum absolute atomic E-state index is 0.345. The highest BCUT2D eigenvalue weighted by Gasteiger charge is 2.09. The third-order valence-corrected chi connectivity index (χ3v) is 2.70. The Morgan fingerprint density at radius 1 is 1.44 bits per heavy atom. The quantitative estimate of drug-likeness (QED) is 0.630. The minimum atomic E-state index is -1.45. The first-order chi connectivity index (χ1) is 7.37. The fraction of sp³-hybridized carbons (Fsp3) is 0.417. The van der Waals surface area contributed by atoms with Gasteiger partial charge in [-0.2, -0.15) is 0 Å². The van der Waals surface area contributed by atoms with Gasteiger partial charge in [-0.1, -0.05) is 25.6 Å². The van der Waals surface area contributed by atoms with E-state index in [0.717, 1.165) is 6.20 Å². The van der Waals surface area contributed by atoms with Crippen molar-refractivity contribution < 1.29 is 9.50 Å². The molecule has 2 nitrogen and oxygen atoms in total. The van der Waals surface area contributed by atoms with Gasteiger partial charge in [-0.05, 0) is 12.1 Å². The Morgan fingerprint density at radius 2 is 2.12 bits per heavy atom. The summed E-state index contributed by atoms with van der Waals surface area (Å²) in [7, 11) is -1.45. The van der Waals surface area contributed by atoms with Crippen LogP contribution in [0.3, 0.4) is 0 Å². The average Bonchev–Trinajstić information content (AvgIpc) is 2.18. The number of pyridine rings is 1. The van der Waals surface area contributed by atoms with Crippen LogP contribution in [0.1, 0.15) is 5.69 Å². The van der Waals surface area contributed by atoms with E-state index in [1.165, 1.54) is 6.07 Å². The zero-order valence-corrected chi connectivity index (χ0v) is 10.8. The second-order valence-electron chi connectivity index (χ2n) is 4.71. The van der Waals surface area contributed by atoms with Crippen LogP contribution in [0.25, 0.3) is 0 Å². The highest BCUT2D eigenvalue weighted by molar-refractivity contribution is 6.83. The van der Waals surface area contributed by atoms with E-state index in [1.807, 2.05) is 0 Å². The van der Waals surface area contributed by atoms with Crippen LogP contribution in [0.5, 0.6) is 0 Å². The molecule has 1 aromatic heterocycles. The van der Waals surface area contributed by atoms with E-state index >= 15 is 0 Å². The summed E-state index contributed by atoms with van der Waals surface area (Å²) >= 11 is 0. The number of halogens is 1. The lowest BCUT2D eigenvalue weighted by Crippen LogP contribution is -2.18. The molecule has 1 rings (SSSR count). The molecule has 0 bridgehead atoms. The standard InChI is InChI=1S/C12H16FNOSi/c1-16(2,3)7-6-12(15)8-11-5-4-10(13)9-14-11/h4-5,9,12,15H,8H2,1-3H3. The maximum absolute atomic E-state index is 12.6. The molecule has 0 amide bonds. The molecule has 0 spiro atoms. The Balaban J connectivity index is 2.60. The van der Waals surface area contributed by atoms with Gasteiger partial charge < -0.3 is 5.11 Å². The zero-order chi connectivity index (χ0) is 12.2. The van der Waals surface area contributed by atoms with E-state index in [1.54, 1.807) is 6.07 Å². The van der Waals surface area contributed by atoms with Gasteiger partial charge in [0.1, 0.15) is 20.0 Å². The summed E-state index contributed by atoms with van der Waals surface area (Å²) in [6, 6.07) is 2.90. The summed E-state index contributed by atoms with van der Waals surface area (Å²) < 4.78 is 12.6. The normalized spacial score (nSPS) is 12.8. The maximum Gasteiger partial charge on any atom is 0.141 e. The van der Waals surface area contributed by atoms with Crippen LogP contribution in [-0.4, -0.2) is 24.3 Å². The van der Waals surface area contributed by atoms with Crippen LogP contribution in [0, 0.1) is 17.3 Å². The molecule has 0 saturated carbocycles. The molecule has 1 N–H and O–H groups in total. The molecule has 4 heteroatoms. The maximum atomic E-state index is 12.6. The highest BCUT2D eigenvalue weighted by atomic mass is 28.3. The van der Waals surface area contributed by atoms with E-state index in [9.17, 15) is 9.50 Å². The lowest BCUT2D eigenvalue weighted by atomic mass is 10.2. The van der Waals surface area contributed by atoms with Gasteiger partial charge >= 0.3 is 0 Å². The first-order valence-electron chi connectivity index (χ1n) is 5.18. The lowest BCUT2D eigenvalue weighted by Gasteiger charge is -2.06. The van der Waals surface area contributed by atoms with Crippen LogP contribution in [0.4, 0.5) is 4.39 Å². The van der Waals surface area contributed by atoms with Crippen LogP contribution < -0.4 is 0 Å². The van der Waals surface area contributed by atoms with Crippen LogP contribution in [0.15, 0.2) is 18.3 Å². The van der Waals surface area contributed by atoms with Crippen molar-refractivity contribution in [2.45, 2.75) is 32.2 Å². The molecule has 0 aromatic carbocycles. The Hall–Kier alpha value is -1.18. The summed E-state index contributed by atoms with van der Waals surface area (Å²) in [6.45, 7) is 6.34. The zero-order valence-electron chi connectivity index (χ0n) is 9.79. The molecule has 1 aromatic rings. The largest absolute Gasteiger partial charge is 0.380 e. The summed E-state index contributed by atoms with van der Waals surface area (Å²) in [5.74, 6) is 2.45. The van der Waals surface area contributed by atoms with Gasteiger partial charge in [0.25, 0.3) is 0 Å². The first kappa shape index (κ1) is 12.9. The van der Waals surface area contributed by atoms with Gasteiger partial charge in [0.2, 0.25) is 0 Å². The molecule has 0 aliphatic rings. The smallest absolute Gasteiger partial charge is 0.141 e. The molecule has 1 heterocycles.